The van der Waals surface area contributed by atoms with Gasteiger partial charge < -0.3 is 30.7 Å². The van der Waals surface area contributed by atoms with Gasteiger partial charge in [0.25, 0.3) is 0 Å². The van der Waals surface area contributed by atoms with Gasteiger partial charge in [0.05, 0.1) is 24.6 Å². The Morgan fingerprint density at radius 3 is 2.62 bits per heavy atom. The maximum absolute atomic E-state index is 9.62. The van der Waals surface area contributed by atoms with Crippen LogP contribution in [-0.2, 0) is 4.74 Å². The van der Waals surface area contributed by atoms with E-state index >= 15 is 0 Å². The lowest BCUT2D eigenvalue weighted by Crippen LogP contribution is -2.26. The summed E-state index contributed by atoms with van der Waals surface area (Å²) in [6, 6.07) is 11.8. The van der Waals surface area contributed by atoms with Gasteiger partial charge in [-0.2, -0.15) is 0 Å². The third-order valence-corrected chi connectivity index (χ3v) is 4.65. The first-order chi connectivity index (χ1) is 14.1. The normalized spacial score (nSPS) is 14.5. The summed E-state index contributed by atoms with van der Waals surface area (Å²) in [5.74, 6) is 0.601. The van der Waals surface area contributed by atoms with Crippen molar-refractivity contribution in [3.05, 3.63) is 48.7 Å². The van der Waals surface area contributed by atoms with Crippen LogP contribution in [0.5, 0.6) is 17.2 Å². The topological polar surface area (TPSA) is 123 Å². The van der Waals surface area contributed by atoms with Crippen molar-refractivity contribution in [1.29, 1.82) is 0 Å². The summed E-state index contributed by atoms with van der Waals surface area (Å²) in [6.45, 7) is 1.41. The van der Waals surface area contributed by atoms with Gasteiger partial charge in [-0.3, -0.25) is 0 Å². The monoisotopic (exact) mass is 394 g/mol. The molecule has 0 unspecified atom stereocenters. The molecule has 0 aliphatic carbocycles. The van der Waals surface area contributed by atoms with E-state index in [1.807, 2.05) is 18.2 Å². The molecule has 1 aromatic heterocycles. The lowest BCUT2D eigenvalue weighted by Gasteiger charge is -2.24. The Morgan fingerprint density at radius 1 is 1.03 bits per heavy atom. The van der Waals surface area contributed by atoms with Gasteiger partial charge in [0.1, 0.15) is 11.9 Å². The van der Waals surface area contributed by atoms with E-state index in [1.165, 1.54) is 12.1 Å². The summed E-state index contributed by atoms with van der Waals surface area (Å²) >= 11 is 0. The van der Waals surface area contributed by atoms with Gasteiger partial charge in [-0.05, 0) is 36.4 Å². The fourth-order valence-corrected chi connectivity index (χ4v) is 3.10. The molecule has 1 saturated heterocycles. The lowest BCUT2D eigenvalue weighted by molar-refractivity contribution is 0.0259. The number of nitrogens with one attached hydrogen (secondary N) is 1. The van der Waals surface area contributed by atoms with Crippen molar-refractivity contribution < 1.29 is 19.7 Å². The number of rotatable bonds is 5. The molecule has 0 saturated carbocycles. The summed E-state index contributed by atoms with van der Waals surface area (Å²) in [5.41, 5.74) is 8.83. The zero-order valence-electron chi connectivity index (χ0n) is 15.7. The van der Waals surface area contributed by atoms with Crippen LogP contribution in [0, 0.1) is 0 Å². The number of aromatic hydroxyl groups is 2. The number of ether oxygens (including phenoxy) is 2. The summed E-state index contributed by atoms with van der Waals surface area (Å²) < 4.78 is 11.4. The predicted octanol–water partition coefficient (Wildman–Crippen LogP) is 3.44. The van der Waals surface area contributed by atoms with Gasteiger partial charge >= 0.3 is 0 Å². The second kappa shape index (κ2) is 8.24. The van der Waals surface area contributed by atoms with Crippen molar-refractivity contribution in [2.24, 2.45) is 0 Å². The molecule has 1 aliphatic heterocycles. The maximum Gasteiger partial charge on any atom is 0.227 e. The van der Waals surface area contributed by atoms with Crippen LogP contribution in [0.3, 0.4) is 0 Å². The molecule has 4 rings (SSSR count). The summed E-state index contributed by atoms with van der Waals surface area (Å²) in [5, 5.41) is 22.0. The average molecular weight is 394 g/mol. The molecule has 1 fully saturated rings. The number of benzene rings is 2. The van der Waals surface area contributed by atoms with E-state index < -0.39 is 0 Å². The van der Waals surface area contributed by atoms with E-state index in [0.29, 0.717) is 42.0 Å². The van der Waals surface area contributed by atoms with Gasteiger partial charge in [0, 0.05) is 36.4 Å². The highest BCUT2D eigenvalue weighted by Gasteiger charge is 2.17. The van der Waals surface area contributed by atoms with Gasteiger partial charge in [0.2, 0.25) is 5.95 Å². The minimum absolute atomic E-state index is 0.119. The van der Waals surface area contributed by atoms with Crippen molar-refractivity contribution in [2.75, 3.05) is 24.3 Å². The first kappa shape index (κ1) is 18.8. The second-order valence-corrected chi connectivity index (χ2v) is 6.78. The van der Waals surface area contributed by atoms with Crippen LogP contribution in [0.4, 0.5) is 17.3 Å². The molecule has 0 atom stereocenters. The number of aromatic nitrogens is 2. The summed E-state index contributed by atoms with van der Waals surface area (Å²) in [7, 11) is 0. The molecule has 0 spiro atoms. The fraction of sp³-hybridized carbons (Fsp3) is 0.238. The van der Waals surface area contributed by atoms with E-state index in [0.717, 1.165) is 18.4 Å². The Labute approximate surface area is 168 Å². The minimum Gasteiger partial charge on any atom is -0.504 e. The van der Waals surface area contributed by atoms with Crippen LogP contribution >= 0.6 is 0 Å². The van der Waals surface area contributed by atoms with Gasteiger partial charge in [-0.1, -0.05) is 0 Å². The lowest BCUT2D eigenvalue weighted by atomic mass is 10.1. The fourth-order valence-electron chi connectivity index (χ4n) is 3.10. The molecule has 8 nitrogen and oxygen atoms in total. The largest absolute Gasteiger partial charge is 0.504 e. The van der Waals surface area contributed by atoms with Crippen molar-refractivity contribution in [3.63, 3.8) is 0 Å². The van der Waals surface area contributed by atoms with E-state index in [-0.39, 0.29) is 17.6 Å². The molecule has 5 N–H and O–H groups in total. The number of nitrogens with zero attached hydrogens (tertiary/aromatic N) is 2. The Morgan fingerprint density at radius 2 is 1.86 bits per heavy atom. The highest BCUT2D eigenvalue weighted by molar-refractivity contribution is 5.69. The smallest absolute Gasteiger partial charge is 0.227 e. The number of phenolic OH excluding ortho intramolecular Hbond substituents is 2. The molecule has 150 valence electrons. The van der Waals surface area contributed by atoms with Crippen molar-refractivity contribution in [1.82, 2.24) is 9.97 Å². The zero-order valence-corrected chi connectivity index (χ0v) is 15.7. The molecular formula is C21H22N4O4. The van der Waals surface area contributed by atoms with E-state index in [2.05, 4.69) is 15.3 Å². The summed E-state index contributed by atoms with van der Waals surface area (Å²) in [4.78, 5) is 8.69. The van der Waals surface area contributed by atoms with E-state index in [9.17, 15) is 10.2 Å². The molecule has 0 amide bonds. The number of nitrogens with two attached hydrogens (primary N) is 1. The highest BCUT2D eigenvalue weighted by Crippen LogP contribution is 2.31. The van der Waals surface area contributed by atoms with Crippen LogP contribution in [-0.4, -0.2) is 39.5 Å². The van der Waals surface area contributed by atoms with Gasteiger partial charge in [0.15, 0.2) is 11.5 Å². The SMILES string of the molecule is Nc1cc(-c2ccnc(Nc3ccc(O)c(O)c3)n2)ccc1OC1CCOCC1. The number of nitrogen functional groups attached to an aromatic ring is 1. The number of anilines is 3. The third kappa shape index (κ3) is 4.49. The Bertz CT molecular complexity index is 1010. The molecule has 0 bridgehead atoms. The van der Waals surface area contributed by atoms with Crippen molar-refractivity contribution in [2.45, 2.75) is 18.9 Å². The number of hydrogen-bond acceptors (Lipinski definition) is 8. The molecule has 0 radical (unpaired) electrons. The molecule has 2 aromatic carbocycles. The van der Waals surface area contributed by atoms with E-state index in [1.54, 1.807) is 18.3 Å². The Kier molecular flexibility index (Phi) is 5.35. The van der Waals surface area contributed by atoms with Crippen LogP contribution in [0.25, 0.3) is 11.3 Å². The molecular weight excluding hydrogens is 372 g/mol. The highest BCUT2D eigenvalue weighted by atomic mass is 16.5. The van der Waals surface area contributed by atoms with Crippen LogP contribution in [0.15, 0.2) is 48.7 Å². The molecule has 2 heterocycles. The van der Waals surface area contributed by atoms with Crippen LogP contribution in [0.2, 0.25) is 0 Å². The van der Waals surface area contributed by atoms with E-state index in [4.69, 9.17) is 15.2 Å². The third-order valence-electron chi connectivity index (χ3n) is 4.65. The Hall–Kier alpha value is -3.52. The van der Waals surface area contributed by atoms with Crippen molar-refractivity contribution in [3.8, 4) is 28.5 Å². The van der Waals surface area contributed by atoms with Crippen LogP contribution < -0.4 is 15.8 Å². The number of hydrogen-bond donors (Lipinski definition) is 4. The van der Waals surface area contributed by atoms with Gasteiger partial charge in [-0.15, -0.1) is 0 Å². The molecule has 1 aliphatic rings. The zero-order chi connectivity index (χ0) is 20.2. The predicted molar refractivity (Wildman–Crippen MR) is 109 cm³/mol. The molecule has 29 heavy (non-hydrogen) atoms. The average Bonchev–Trinajstić information content (AvgIpc) is 2.73. The quantitative estimate of drug-likeness (QED) is 0.295. The minimum atomic E-state index is -0.223. The standard InChI is InChI=1S/C21H22N4O4/c22-16-11-13(1-4-20(16)29-15-6-9-28-10-7-15)17-5-8-23-21(25-17)24-14-2-3-18(26)19(27)12-14/h1-5,8,11-12,15,26-27H,6-7,9-10,22H2,(H,23,24,25). The second-order valence-electron chi connectivity index (χ2n) is 6.78. The molecule has 8 heteroatoms. The maximum atomic E-state index is 9.62. The van der Waals surface area contributed by atoms with Crippen LogP contribution in [0.1, 0.15) is 12.8 Å². The van der Waals surface area contributed by atoms with Crippen molar-refractivity contribution >= 4 is 17.3 Å². The molecule has 3 aromatic rings. The Balaban J connectivity index is 1.51. The first-order valence-corrected chi connectivity index (χ1v) is 9.35. The summed E-state index contributed by atoms with van der Waals surface area (Å²) in [6.07, 6.45) is 3.46. The number of phenols is 2. The van der Waals surface area contributed by atoms with Gasteiger partial charge in [-0.25, -0.2) is 9.97 Å². The first-order valence-electron chi connectivity index (χ1n) is 9.35.